The molecule has 0 unspecified atom stereocenters. The second kappa shape index (κ2) is 7.56. The van der Waals surface area contributed by atoms with E-state index in [0.717, 1.165) is 5.56 Å². The summed E-state index contributed by atoms with van der Waals surface area (Å²) in [4.78, 5) is 22.8. The Kier molecular flexibility index (Phi) is 6.06. The topological polar surface area (TPSA) is 52.6 Å². The van der Waals surface area contributed by atoms with Crippen molar-refractivity contribution in [1.82, 2.24) is 0 Å². The first-order valence-electron chi connectivity index (χ1n) is 6.52. The van der Waals surface area contributed by atoms with E-state index >= 15 is 0 Å². The molecule has 4 nitrogen and oxygen atoms in total. The van der Waals surface area contributed by atoms with Gasteiger partial charge in [0.25, 0.3) is 6.29 Å². The first-order chi connectivity index (χ1) is 9.08. The van der Waals surface area contributed by atoms with Gasteiger partial charge >= 0.3 is 11.9 Å². The third-order valence-electron chi connectivity index (χ3n) is 2.81. The van der Waals surface area contributed by atoms with Gasteiger partial charge in [0.15, 0.2) is 0 Å². The summed E-state index contributed by atoms with van der Waals surface area (Å²) in [6.45, 7) is 5.27. The summed E-state index contributed by atoms with van der Waals surface area (Å²) < 4.78 is 10.4. The number of hydrogen-bond donors (Lipinski definition) is 0. The Hall–Kier alpha value is -1.84. The Balaban J connectivity index is 2.82. The van der Waals surface area contributed by atoms with Crippen molar-refractivity contribution in [1.29, 1.82) is 0 Å². The minimum Gasteiger partial charge on any atom is -0.424 e. The fourth-order valence-electron chi connectivity index (χ4n) is 1.57. The molecule has 1 rings (SSSR count). The molecule has 0 amide bonds. The highest BCUT2D eigenvalue weighted by molar-refractivity contribution is 5.71. The molecule has 0 saturated carbocycles. The fourth-order valence-corrected chi connectivity index (χ4v) is 1.57. The number of ether oxygens (including phenoxy) is 2. The highest BCUT2D eigenvalue weighted by atomic mass is 16.7. The minimum atomic E-state index is -0.873. The smallest absolute Gasteiger partial charge is 0.308 e. The average Bonchev–Trinajstić information content (AvgIpc) is 2.46. The molecule has 1 aromatic carbocycles. The zero-order chi connectivity index (χ0) is 14.3. The lowest BCUT2D eigenvalue weighted by molar-refractivity contribution is -0.191. The van der Waals surface area contributed by atoms with Gasteiger partial charge in [-0.15, -0.1) is 0 Å². The summed E-state index contributed by atoms with van der Waals surface area (Å²) in [6.07, 6.45) is -0.370. The van der Waals surface area contributed by atoms with Crippen molar-refractivity contribution >= 4 is 11.9 Å². The van der Waals surface area contributed by atoms with Gasteiger partial charge in [-0.1, -0.05) is 51.1 Å². The minimum absolute atomic E-state index is 0.202. The lowest BCUT2D eigenvalue weighted by atomic mass is 10.0. The zero-order valence-electron chi connectivity index (χ0n) is 11.6. The summed E-state index contributed by atoms with van der Waals surface area (Å²) in [7, 11) is 0. The molecule has 0 aliphatic carbocycles. The molecule has 104 valence electrons. The molecule has 0 radical (unpaired) electrons. The quantitative estimate of drug-likeness (QED) is 0.585. The maximum absolute atomic E-state index is 11.4. The molecule has 0 fully saturated rings. The van der Waals surface area contributed by atoms with Crippen LogP contribution in [0.2, 0.25) is 0 Å². The monoisotopic (exact) mass is 264 g/mol. The average molecular weight is 264 g/mol. The van der Waals surface area contributed by atoms with Crippen molar-refractivity contribution < 1.29 is 19.1 Å². The third kappa shape index (κ3) is 4.73. The van der Waals surface area contributed by atoms with E-state index in [9.17, 15) is 9.59 Å². The molecular formula is C15H20O4. The number of rotatable bonds is 6. The van der Waals surface area contributed by atoms with Crippen LogP contribution in [0.1, 0.15) is 45.1 Å². The Labute approximate surface area is 113 Å². The molecule has 0 heterocycles. The van der Waals surface area contributed by atoms with Crippen LogP contribution in [0, 0.1) is 0 Å². The summed E-state index contributed by atoms with van der Waals surface area (Å²) in [5.74, 6) is -0.958. The van der Waals surface area contributed by atoms with Gasteiger partial charge in [-0.25, -0.2) is 0 Å². The number of carbonyl (C=O) groups excluding carboxylic acids is 2. The van der Waals surface area contributed by atoms with E-state index in [1.54, 1.807) is 13.8 Å². The largest absolute Gasteiger partial charge is 0.424 e. The van der Waals surface area contributed by atoms with Gasteiger partial charge in [0.1, 0.15) is 0 Å². The van der Waals surface area contributed by atoms with E-state index in [1.807, 2.05) is 37.3 Å². The summed E-state index contributed by atoms with van der Waals surface area (Å²) >= 11 is 0. The number of benzene rings is 1. The van der Waals surface area contributed by atoms with Gasteiger partial charge in [0.2, 0.25) is 0 Å². The molecule has 4 heteroatoms. The van der Waals surface area contributed by atoms with Crippen LogP contribution in [-0.2, 0) is 19.1 Å². The first kappa shape index (κ1) is 15.2. The van der Waals surface area contributed by atoms with Crippen molar-refractivity contribution in [2.75, 3.05) is 0 Å². The van der Waals surface area contributed by atoms with E-state index in [0.29, 0.717) is 0 Å². The van der Waals surface area contributed by atoms with Crippen LogP contribution in [0.4, 0.5) is 0 Å². The van der Waals surface area contributed by atoms with Gasteiger partial charge in [-0.05, 0) is 5.56 Å². The molecule has 0 aliphatic rings. The number of carbonyl (C=O) groups is 2. The lowest BCUT2D eigenvalue weighted by Crippen LogP contribution is -2.29. The highest BCUT2D eigenvalue weighted by Crippen LogP contribution is 2.23. The molecule has 0 saturated heterocycles. The van der Waals surface area contributed by atoms with Gasteiger partial charge in [0.05, 0.1) is 5.92 Å². The Morgan fingerprint density at radius 2 is 1.47 bits per heavy atom. The van der Waals surface area contributed by atoms with Crippen molar-refractivity contribution in [2.24, 2.45) is 0 Å². The van der Waals surface area contributed by atoms with Gasteiger partial charge < -0.3 is 9.47 Å². The van der Waals surface area contributed by atoms with Crippen LogP contribution in [0.25, 0.3) is 0 Å². The van der Waals surface area contributed by atoms with Crippen LogP contribution < -0.4 is 0 Å². The van der Waals surface area contributed by atoms with Gasteiger partial charge in [-0.2, -0.15) is 0 Å². The van der Waals surface area contributed by atoms with Crippen molar-refractivity contribution in [2.45, 2.75) is 45.8 Å². The van der Waals surface area contributed by atoms with E-state index in [-0.39, 0.29) is 30.7 Å². The number of esters is 2. The second-order valence-corrected chi connectivity index (χ2v) is 4.25. The molecule has 1 atom stereocenters. The van der Waals surface area contributed by atoms with Crippen LogP contribution in [-0.4, -0.2) is 18.2 Å². The van der Waals surface area contributed by atoms with E-state index < -0.39 is 6.29 Å². The molecular weight excluding hydrogens is 244 g/mol. The fraction of sp³-hybridized carbons (Fsp3) is 0.467. The normalized spacial score (nSPS) is 12.0. The van der Waals surface area contributed by atoms with Crippen LogP contribution in [0.15, 0.2) is 30.3 Å². The lowest BCUT2D eigenvalue weighted by Gasteiger charge is -2.24. The SMILES string of the molecule is CCC(=O)OC(OC(=O)CC)[C@H](C)c1ccccc1. The Morgan fingerprint density at radius 3 is 1.89 bits per heavy atom. The van der Waals surface area contributed by atoms with Crippen molar-refractivity contribution in [3.8, 4) is 0 Å². The molecule has 19 heavy (non-hydrogen) atoms. The first-order valence-corrected chi connectivity index (χ1v) is 6.52. The maximum atomic E-state index is 11.4. The van der Waals surface area contributed by atoms with Crippen LogP contribution in [0.5, 0.6) is 0 Å². The van der Waals surface area contributed by atoms with E-state index in [4.69, 9.17) is 9.47 Å². The van der Waals surface area contributed by atoms with Crippen molar-refractivity contribution in [3.05, 3.63) is 35.9 Å². The summed E-state index contributed by atoms with van der Waals surface area (Å²) in [5, 5.41) is 0. The molecule has 0 spiro atoms. The molecule has 1 aromatic rings. The Morgan fingerprint density at radius 1 is 1.00 bits per heavy atom. The molecule has 0 N–H and O–H groups in total. The molecule has 0 aromatic heterocycles. The molecule has 0 aliphatic heterocycles. The number of hydrogen-bond acceptors (Lipinski definition) is 4. The van der Waals surface area contributed by atoms with Crippen LogP contribution in [0.3, 0.4) is 0 Å². The van der Waals surface area contributed by atoms with Gasteiger partial charge in [0, 0.05) is 12.8 Å². The van der Waals surface area contributed by atoms with Crippen LogP contribution >= 0.6 is 0 Å². The predicted molar refractivity (Wildman–Crippen MR) is 71.4 cm³/mol. The van der Waals surface area contributed by atoms with E-state index in [1.165, 1.54) is 0 Å². The summed E-state index contributed by atoms with van der Waals surface area (Å²) in [5.41, 5.74) is 0.959. The van der Waals surface area contributed by atoms with Crippen molar-refractivity contribution in [3.63, 3.8) is 0 Å². The Bertz CT molecular complexity index is 395. The highest BCUT2D eigenvalue weighted by Gasteiger charge is 2.25. The maximum Gasteiger partial charge on any atom is 0.308 e. The predicted octanol–water partition coefficient (Wildman–Crippen LogP) is 3.02. The summed E-state index contributed by atoms with van der Waals surface area (Å²) in [6, 6.07) is 9.52. The van der Waals surface area contributed by atoms with Gasteiger partial charge in [-0.3, -0.25) is 9.59 Å². The molecule has 0 bridgehead atoms. The zero-order valence-corrected chi connectivity index (χ0v) is 11.6. The second-order valence-electron chi connectivity index (χ2n) is 4.25. The van der Waals surface area contributed by atoms with E-state index in [2.05, 4.69) is 0 Å². The third-order valence-corrected chi connectivity index (χ3v) is 2.81. The standard InChI is InChI=1S/C15H20O4/c1-4-13(16)18-15(19-14(17)5-2)11(3)12-9-7-6-8-10-12/h6-11,15H,4-5H2,1-3H3/t11-/m1/s1.